The summed E-state index contributed by atoms with van der Waals surface area (Å²) in [5.41, 5.74) is -0.0375. The SMILES string of the molecule is CCCCCCCCCCOC(=O)C12C(C)C3CC1C2C3C. The van der Waals surface area contributed by atoms with Gasteiger partial charge in [0.2, 0.25) is 0 Å². The summed E-state index contributed by atoms with van der Waals surface area (Å²) in [4.78, 5) is 12.6. The van der Waals surface area contributed by atoms with Gasteiger partial charge in [0.15, 0.2) is 0 Å². The van der Waals surface area contributed by atoms with Gasteiger partial charge in [0.25, 0.3) is 0 Å². The second-order valence-corrected chi connectivity index (χ2v) is 8.22. The van der Waals surface area contributed by atoms with Gasteiger partial charge in [0.1, 0.15) is 0 Å². The average Bonchev–Trinajstić information content (AvgIpc) is 2.81. The molecule has 4 saturated carbocycles. The van der Waals surface area contributed by atoms with E-state index in [1.807, 2.05) is 0 Å². The maximum absolute atomic E-state index is 12.6. The monoisotopic (exact) mass is 306 g/mol. The van der Waals surface area contributed by atoms with Crippen molar-refractivity contribution < 1.29 is 9.53 Å². The zero-order chi connectivity index (χ0) is 15.7. The summed E-state index contributed by atoms with van der Waals surface area (Å²) >= 11 is 0. The molecule has 4 aliphatic carbocycles. The summed E-state index contributed by atoms with van der Waals surface area (Å²) in [6.45, 7) is 7.56. The van der Waals surface area contributed by atoms with Crippen LogP contribution in [0.1, 0.15) is 78.6 Å². The molecule has 0 amide bonds. The first-order chi connectivity index (χ1) is 10.7. The highest BCUT2D eigenvalue weighted by Crippen LogP contribution is 2.83. The first-order valence-electron chi connectivity index (χ1n) is 9.82. The minimum absolute atomic E-state index is 0.0375. The van der Waals surface area contributed by atoms with E-state index in [4.69, 9.17) is 4.74 Å². The number of carbonyl (C=O) groups is 1. The van der Waals surface area contributed by atoms with Crippen LogP contribution in [0.5, 0.6) is 0 Å². The number of hydrogen-bond acceptors (Lipinski definition) is 2. The fourth-order valence-electron chi connectivity index (χ4n) is 6.08. The number of carbonyl (C=O) groups excluding carboxylic acids is 1. The highest BCUT2D eigenvalue weighted by atomic mass is 16.5. The Morgan fingerprint density at radius 3 is 2.18 bits per heavy atom. The molecule has 4 aliphatic rings. The summed E-state index contributed by atoms with van der Waals surface area (Å²) in [6.07, 6.45) is 11.7. The van der Waals surface area contributed by atoms with Crippen molar-refractivity contribution in [1.29, 1.82) is 0 Å². The van der Waals surface area contributed by atoms with E-state index in [-0.39, 0.29) is 11.4 Å². The molecule has 22 heavy (non-hydrogen) atoms. The second-order valence-electron chi connectivity index (χ2n) is 8.22. The molecule has 0 radical (unpaired) electrons. The molecule has 0 aromatic rings. The van der Waals surface area contributed by atoms with E-state index in [0.717, 1.165) is 18.3 Å². The van der Waals surface area contributed by atoms with Crippen LogP contribution in [0.25, 0.3) is 0 Å². The molecular weight excluding hydrogens is 272 g/mol. The maximum atomic E-state index is 12.6. The van der Waals surface area contributed by atoms with Crippen LogP contribution >= 0.6 is 0 Å². The van der Waals surface area contributed by atoms with Crippen LogP contribution in [0, 0.1) is 35.0 Å². The number of unbranched alkanes of at least 4 members (excludes halogenated alkanes) is 7. The van der Waals surface area contributed by atoms with E-state index >= 15 is 0 Å². The van der Waals surface area contributed by atoms with Gasteiger partial charge in [-0.2, -0.15) is 0 Å². The van der Waals surface area contributed by atoms with E-state index in [2.05, 4.69) is 20.8 Å². The lowest BCUT2D eigenvalue weighted by atomic mass is 9.90. The molecule has 0 aromatic carbocycles. The molecule has 0 aromatic heterocycles. The molecule has 0 N–H and O–H groups in total. The minimum Gasteiger partial charge on any atom is -0.465 e. The van der Waals surface area contributed by atoms with Gasteiger partial charge in [0, 0.05) is 0 Å². The quantitative estimate of drug-likeness (QED) is 0.409. The van der Waals surface area contributed by atoms with Gasteiger partial charge in [-0.3, -0.25) is 4.79 Å². The minimum atomic E-state index is -0.0375. The highest BCUT2D eigenvalue weighted by molar-refractivity contribution is 5.84. The second kappa shape index (κ2) is 6.53. The highest BCUT2D eigenvalue weighted by Gasteiger charge is 2.84. The van der Waals surface area contributed by atoms with Crippen LogP contribution in [0.15, 0.2) is 0 Å². The van der Waals surface area contributed by atoms with Crippen LogP contribution in [-0.2, 0) is 9.53 Å². The largest absolute Gasteiger partial charge is 0.465 e. The number of rotatable bonds is 10. The fraction of sp³-hybridized carbons (Fsp3) is 0.950. The predicted molar refractivity (Wildman–Crippen MR) is 89.4 cm³/mol. The molecule has 4 rings (SSSR count). The van der Waals surface area contributed by atoms with E-state index < -0.39 is 0 Å². The Morgan fingerprint density at radius 1 is 1.05 bits per heavy atom. The summed E-state index contributed by atoms with van der Waals surface area (Å²) in [6, 6.07) is 0. The van der Waals surface area contributed by atoms with Crippen molar-refractivity contribution in [2.24, 2.45) is 35.0 Å². The van der Waals surface area contributed by atoms with E-state index in [1.54, 1.807) is 0 Å². The Kier molecular flexibility index (Phi) is 4.85. The Balaban J connectivity index is 1.29. The third-order valence-electron chi connectivity index (χ3n) is 7.24. The molecule has 6 atom stereocenters. The standard InChI is InChI=1S/C20H34O2/c1-4-5-6-7-8-9-10-11-12-22-19(21)20-15(3)16-13-17(20)18(20)14(16)2/h14-18H,4-13H2,1-3H3. The summed E-state index contributed by atoms with van der Waals surface area (Å²) in [5.74, 6) is 3.63. The molecule has 2 heteroatoms. The molecule has 4 bridgehead atoms. The van der Waals surface area contributed by atoms with Gasteiger partial charge in [-0.15, -0.1) is 0 Å². The molecule has 0 saturated heterocycles. The number of esters is 1. The third-order valence-corrected chi connectivity index (χ3v) is 7.24. The Bertz CT molecular complexity index is 401. The van der Waals surface area contributed by atoms with Crippen LogP contribution in [0.2, 0.25) is 0 Å². The van der Waals surface area contributed by atoms with Gasteiger partial charge in [0.05, 0.1) is 12.0 Å². The Hall–Kier alpha value is -0.530. The summed E-state index contributed by atoms with van der Waals surface area (Å²) in [7, 11) is 0. The smallest absolute Gasteiger partial charge is 0.312 e. The zero-order valence-corrected chi connectivity index (χ0v) is 14.8. The molecule has 4 fully saturated rings. The van der Waals surface area contributed by atoms with Crippen molar-refractivity contribution in [3.8, 4) is 0 Å². The van der Waals surface area contributed by atoms with Crippen LogP contribution < -0.4 is 0 Å². The van der Waals surface area contributed by atoms with Gasteiger partial charge in [-0.1, -0.05) is 65.7 Å². The first-order valence-corrected chi connectivity index (χ1v) is 9.82. The molecule has 0 heterocycles. The Labute approximate surface area is 136 Å². The average molecular weight is 306 g/mol. The number of ether oxygens (including phenoxy) is 1. The molecular formula is C20H34O2. The van der Waals surface area contributed by atoms with E-state index in [0.29, 0.717) is 24.4 Å². The van der Waals surface area contributed by atoms with Gasteiger partial charge >= 0.3 is 5.97 Å². The van der Waals surface area contributed by atoms with Crippen molar-refractivity contribution in [2.75, 3.05) is 6.61 Å². The van der Waals surface area contributed by atoms with Crippen molar-refractivity contribution in [3.05, 3.63) is 0 Å². The molecule has 6 unspecified atom stereocenters. The molecule has 0 spiro atoms. The van der Waals surface area contributed by atoms with Gasteiger partial charge in [-0.05, 0) is 42.4 Å². The first kappa shape index (κ1) is 16.3. The van der Waals surface area contributed by atoms with Crippen molar-refractivity contribution in [3.63, 3.8) is 0 Å². The van der Waals surface area contributed by atoms with Crippen molar-refractivity contribution >= 4 is 5.97 Å². The maximum Gasteiger partial charge on any atom is 0.312 e. The van der Waals surface area contributed by atoms with Crippen molar-refractivity contribution in [1.82, 2.24) is 0 Å². The van der Waals surface area contributed by atoms with Gasteiger partial charge < -0.3 is 4.74 Å². The van der Waals surface area contributed by atoms with Crippen LogP contribution in [0.4, 0.5) is 0 Å². The van der Waals surface area contributed by atoms with E-state index in [1.165, 1.54) is 51.4 Å². The lowest BCUT2D eigenvalue weighted by Gasteiger charge is -2.18. The fourth-order valence-corrected chi connectivity index (χ4v) is 6.08. The van der Waals surface area contributed by atoms with Crippen LogP contribution in [0.3, 0.4) is 0 Å². The number of hydrogen-bond donors (Lipinski definition) is 0. The summed E-state index contributed by atoms with van der Waals surface area (Å²) in [5, 5.41) is 0. The Morgan fingerprint density at radius 2 is 1.68 bits per heavy atom. The van der Waals surface area contributed by atoms with Gasteiger partial charge in [-0.25, -0.2) is 0 Å². The zero-order valence-electron chi connectivity index (χ0n) is 14.8. The van der Waals surface area contributed by atoms with Crippen LogP contribution in [-0.4, -0.2) is 12.6 Å². The molecule has 0 aliphatic heterocycles. The lowest BCUT2D eigenvalue weighted by molar-refractivity contribution is -0.152. The topological polar surface area (TPSA) is 26.3 Å². The summed E-state index contributed by atoms with van der Waals surface area (Å²) < 4.78 is 5.69. The predicted octanol–water partition coefficient (Wildman–Crippen LogP) is 5.21. The van der Waals surface area contributed by atoms with Crippen molar-refractivity contribution in [2.45, 2.75) is 78.6 Å². The third kappa shape index (κ3) is 2.41. The lowest BCUT2D eigenvalue weighted by Crippen LogP contribution is -2.25. The normalized spacial score (nSPS) is 41.0. The van der Waals surface area contributed by atoms with E-state index in [9.17, 15) is 4.79 Å². The molecule has 126 valence electrons. The molecule has 2 nitrogen and oxygen atoms in total.